The number of carbonyl (C=O) groups excluding carboxylic acids is 2. The summed E-state index contributed by atoms with van der Waals surface area (Å²) >= 11 is 4.67. The fraction of sp³-hybridized carbons (Fsp3) is 0.167. The van der Waals surface area contributed by atoms with Crippen LogP contribution in [0.15, 0.2) is 22.7 Å². The molecule has 0 atom stereocenters. The monoisotopic (exact) mass is 328 g/mol. The van der Waals surface area contributed by atoms with Gasteiger partial charge in [0.2, 0.25) is 0 Å². The molecule has 4 nitrogen and oxygen atoms in total. The van der Waals surface area contributed by atoms with Crippen molar-refractivity contribution < 1.29 is 19.1 Å². The van der Waals surface area contributed by atoms with Crippen molar-refractivity contribution in [1.29, 1.82) is 0 Å². The van der Waals surface area contributed by atoms with E-state index in [-0.39, 0.29) is 0 Å². The van der Waals surface area contributed by atoms with Crippen LogP contribution >= 0.6 is 27.3 Å². The Hall–Kier alpha value is -1.40. The summed E-state index contributed by atoms with van der Waals surface area (Å²) in [5, 5.41) is 0.795. The van der Waals surface area contributed by atoms with Gasteiger partial charge in [-0.15, -0.1) is 11.3 Å². The Bertz CT molecular complexity index is 632. The van der Waals surface area contributed by atoms with Crippen LogP contribution in [-0.4, -0.2) is 26.2 Å². The molecule has 0 radical (unpaired) electrons. The van der Waals surface area contributed by atoms with E-state index in [1.807, 2.05) is 0 Å². The standard InChI is InChI=1S/C12H9BrO4S/c1-16-11(14)6-3-4-8-7(5-6)9(13)10(18-8)12(15)17-2/h3-5H,1-2H3. The number of thiophene rings is 1. The third kappa shape index (κ3) is 2.13. The largest absolute Gasteiger partial charge is 0.465 e. The van der Waals surface area contributed by atoms with E-state index in [1.165, 1.54) is 25.6 Å². The van der Waals surface area contributed by atoms with Crippen LogP contribution < -0.4 is 0 Å². The molecule has 0 spiro atoms. The minimum Gasteiger partial charge on any atom is -0.465 e. The van der Waals surface area contributed by atoms with Crippen LogP contribution in [0.3, 0.4) is 0 Å². The molecule has 1 heterocycles. The van der Waals surface area contributed by atoms with Crippen LogP contribution in [-0.2, 0) is 9.47 Å². The molecule has 0 saturated heterocycles. The Labute approximate surface area is 116 Å². The van der Waals surface area contributed by atoms with Crippen molar-refractivity contribution in [1.82, 2.24) is 0 Å². The molecular formula is C12H9BrO4S. The lowest BCUT2D eigenvalue weighted by molar-refractivity contribution is 0.0594. The lowest BCUT2D eigenvalue weighted by Crippen LogP contribution is -2.00. The van der Waals surface area contributed by atoms with Gasteiger partial charge in [0.25, 0.3) is 0 Å². The molecule has 94 valence electrons. The molecular weight excluding hydrogens is 320 g/mol. The van der Waals surface area contributed by atoms with Crippen molar-refractivity contribution in [2.45, 2.75) is 0 Å². The second-order valence-electron chi connectivity index (χ2n) is 3.44. The lowest BCUT2D eigenvalue weighted by atomic mass is 10.1. The summed E-state index contributed by atoms with van der Waals surface area (Å²) in [5.74, 6) is -0.808. The Morgan fingerprint density at radius 2 is 1.83 bits per heavy atom. The van der Waals surface area contributed by atoms with Crippen molar-refractivity contribution in [3.8, 4) is 0 Å². The van der Waals surface area contributed by atoms with Gasteiger partial charge in [0, 0.05) is 10.1 Å². The minimum absolute atomic E-state index is 0.400. The van der Waals surface area contributed by atoms with Gasteiger partial charge >= 0.3 is 11.9 Å². The number of fused-ring (bicyclic) bond motifs is 1. The van der Waals surface area contributed by atoms with E-state index in [4.69, 9.17) is 4.74 Å². The predicted octanol–water partition coefficient (Wildman–Crippen LogP) is 3.24. The summed E-state index contributed by atoms with van der Waals surface area (Å²) in [6.07, 6.45) is 0. The van der Waals surface area contributed by atoms with E-state index >= 15 is 0 Å². The van der Waals surface area contributed by atoms with Crippen LogP contribution in [0.2, 0.25) is 0 Å². The topological polar surface area (TPSA) is 52.6 Å². The smallest absolute Gasteiger partial charge is 0.349 e. The summed E-state index contributed by atoms with van der Waals surface area (Å²) in [5.41, 5.74) is 0.444. The van der Waals surface area contributed by atoms with Crippen LogP contribution in [0.4, 0.5) is 0 Å². The van der Waals surface area contributed by atoms with E-state index in [0.717, 1.165) is 10.1 Å². The lowest BCUT2D eigenvalue weighted by Gasteiger charge is -1.99. The first kappa shape index (κ1) is 13.0. The van der Waals surface area contributed by atoms with Crippen molar-refractivity contribution in [3.63, 3.8) is 0 Å². The predicted molar refractivity (Wildman–Crippen MR) is 72.2 cm³/mol. The molecule has 1 aromatic heterocycles. The fourth-order valence-corrected chi connectivity index (χ4v) is 3.39. The normalized spacial score (nSPS) is 10.4. The zero-order valence-electron chi connectivity index (χ0n) is 9.65. The summed E-state index contributed by atoms with van der Waals surface area (Å²) in [6, 6.07) is 5.13. The van der Waals surface area contributed by atoms with E-state index in [9.17, 15) is 9.59 Å². The first-order chi connectivity index (χ1) is 8.58. The van der Waals surface area contributed by atoms with Gasteiger partial charge in [0.05, 0.1) is 24.3 Å². The number of hydrogen-bond acceptors (Lipinski definition) is 5. The van der Waals surface area contributed by atoms with Gasteiger partial charge in [-0.3, -0.25) is 0 Å². The molecule has 2 aromatic rings. The quantitative estimate of drug-likeness (QED) is 0.794. The van der Waals surface area contributed by atoms with Crippen molar-refractivity contribution in [3.05, 3.63) is 33.1 Å². The zero-order chi connectivity index (χ0) is 13.3. The number of carbonyl (C=O) groups is 2. The molecule has 18 heavy (non-hydrogen) atoms. The maximum atomic E-state index is 11.5. The third-order valence-electron chi connectivity index (χ3n) is 2.42. The second-order valence-corrected chi connectivity index (χ2v) is 5.28. The maximum Gasteiger partial charge on any atom is 0.349 e. The highest BCUT2D eigenvalue weighted by molar-refractivity contribution is 9.10. The van der Waals surface area contributed by atoms with E-state index in [1.54, 1.807) is 18.2 Å². The number of esters is 2. The van der Waals surface area contributed by atoms with Gasteiger partial charge in [-0.1, -0.05) is 0 Å². The zero-order valence-corrected chi connectivity index (χ0v) is 12.1. The molecule has 1 aromatic carbocycles. The highest BCUT2D eigenvalue weighted by Gasteiger charge is 2.18. The van der Waals surface area contributed by atoms with Gasteiger partial charge in [-0.05, 0) is 34.1 Å². The number of ether oxygens (including phenoxy) is 2. The SMILES string of the molecule is COC(=O)c1ccc2sc(C(=O)OC)c(Br)c2c1. The molecule has 0 bridgehead atoms. The van der Waals surface area contributed by atoms with Gasteiger partial charge in [-0.2, -0.15) is 0 Å². The summed E-state index contributed by atoms with van der Waals surface area (Å²) in [4.78, 5) is 23.5. The Morgan fingerprint density at radius 3 is 2.44 bits per heavy atom. The summed E-state index contributed by atoms with van der Waals surface area (Å²) < 4.78 is 10.9. The maximum absolute atomic E-state index is 11.5. The van der Waals surface area contributed by atoms with Crippen LogP contribution in [0, 0.1) is 0 Å². The number of rotatable bonds is 2. The van der Waals surface area contributed by atoms with Gasteiger partial charge < -0.3 is 9.47 Å². The molecule has 0 aliphatic carbocycles. The molecule has 0 aliphatic rings. The van der Waals surface area contributed by atoms with E-state index in [2.05, 4.69) is 20.7 Å². The first-order valence-corrected chi connectivity index (χ1v) is 6.58. The first-order valence-electron chi connectivity index (χ1n) is 4.97. The molecule has 0 amide bonds. The van der Waals surface area contributed by atoms with Gasteiger partial charge in [0.15, 0.2) is 0 Å². The number of methoxy groups -OCH3 is 2. The summed E-state index contributed by atoms with van der Waals surface area (Å²) in [6.45, 7) is 0. The van der Waals surface area contributed by atoms with E-state index in [0.29, 0.717) is 14.9 Å². The number of hydrogen-bond donors (Lipinski definition) is 0. The molecule has 0 saturated carbocycles. The number of halogens is 1. The fourth-order valence-electron chi connectivity index (χ4n) is 1.54. The van der Waals surface area contributed by atoms with Crippen molar-refractivity contribution in [2.24, 2.45) is 0 Å². The van der Waals surface area contributed by atoms with Crippen LogP contribution in [0.25, 0.3) is 10.1 Å². The average Bonchev–Trinajstić information content (AvgIpc) is 2.74. The number of benzene rings is 1. The van der Waals surface area contributed by atoms with Crippen LogP contribution in [0.1, 0.15) is 20.0 Å². The average molecular weight is 329 g/mol. The second kappa shape index (κ2) is 5.07. The molecule has 6 heteroatoms. The van der Waals surface area contributed by atoms with Crippen molar-refractivity contribution >= 4 is 49.3 Å². The van der Waals surface area contributed by atoms with E-state index < -0.39 is 11.9 Å². The Morgan fingerprint density at radius 1 is 1.17 bits per heavy atom. The Balaban J connectivity index is 2.60. The highest BCUT2D eigenvalue weighted by Crippen LogP contribution is 2.36. The highest BCUT2D eigenvalue weighted by atomic mass is 79.9. The van der Waals surface area contributed by atoms with Gasteiger partial charge in [0.1, 0.15) is 4.88 Å². The van der Waals surface area contributed by atoms with Crippen molar-refractivity contribution in [2.75, 3.05) is 14.2 Å². The molecule has 0 N–H and O–H groups in total. The Kier molecular flexibility index (Phi) is 3.68. The summed E-state index contributed by atoms with van der Waals surface area (Å²) in [7, 11) is 2.66. The molecule has 2 rings (SSSR count). The molecule has 0 unspecified atom stereocenters. The van der Waals surface area contributed by atoms with Gasteiger partial charge in [-0.25, -0.2) is 9.59 Å². The molecule has 0 aliphatic heterocycles. The molecule has 0 fully saturated rings. The van der Waals surface area contributed by atoms with Crippen LogP contribution in [0.5, 0.6) is 0 Å². The third-order valence-corrected chi connectivity index (χ3v) is 4.66. The minimum atomic E-state index is -0.408.